The van der Waals surface area contributed by atoms with Gasteiger partial charge in [-0.1, -0.05) is 91.0 Å². The van der Waals surface area contributed by atoms with Gasteiger partial charge < -0.3 is 4.42 Å². The summed E-state index contributed by atoms with van der Waals surface area (Å²) in [4.78, 5) is 15.1. The van der Waals surface area contributed by atoms with Crippen LogP contribution in [0, 0.1) is 29.1 Å². The van der Waals surface area contributed by atoms with Gasteiger partial charge in [0.2, 0.25) is 0 Å². The van der Waals surface area contributed by atoms with Crippen LogP contribution in [0.15, 0.2) is 120 Å². The number of nitriles is 1. The number of nitrogens with zero attached hydrogens (tertiary/aromatic N) is 4. The summed E-state index contributed by atoms with van der Waals surface area (Å²) in [6.45, 7) is 0. The van der Waals surface area contributed by atoms with Crippen LogP contribution < -0.4 is 0 Å². The molecule has 0 aliphatic heterocycles. The van der Waals surface area contributed by atoms with Crippen molar-refractivity contribution in [1.29, 1.82) is 5.26 Å². The van der Waals surface area contributed by atoms with E-state index < -0.39 is 0 Å². The SMILES string of the molecule is N#Cc1ccc(-c2cccc(-c3nc(-c4ccccc4)nc(-c4ccc(C56CC7CC(CC(C7)C5)C6)cc4)n3)c2)c2oc3ccccc3c12. The lowest BCUT2D eigenvalue weighted by molar-refractivity contribution is -0.00518. The molecule has 0 amide bonds. The van der Waals surface area contributed by atoms with Gasteiger partial charge in [-0.15, -0.1) is 0 Å². The molecule has 2 heterocycles. The van der Waals surface area contributed by atoms with Crippen molar-refractivity contribution in [2.45, 2.75) is 43.9 Å². The van der Waals surface area contributed by atoms with Crippen LogP contribution in [0.4, 0.5) is 0 Å². The minimum Gasteiger partial charge on any atom is -0.455 e. The number of hydrogen-bond acceptors (Lipinski definition) is 5. The predicted molar refractivity (Wildman–Crippen MR) is 193 cm³/mol. The molecule has 4 aliphatic carbocycles. The van der Waals surface area contributed by atoms with Crippen LogP contribution in [0.5, 0.6) is 0 Å². The lowest BCUT2D eigenvalue weighted by atomic mass is 9.48. The number of furan rings is 1. The molecule has 5 aromatic carbocycles. The normalized spacial score (nSPS) is 22.5. The van der Waals surface area contributed by atoms with E-state index in [4.69, 9.17) is 19.4 Å². The molecule has 4 saturated carbocycles. The van der Waals surface area contributed by atoms with E-state index in [1.54, 1.807) is 0 Å². The first-order chi connectivity index (χ1) is 24.1. The Morgan fingerprint density at radius 3 is 1.88 bits per heavy atom. The van der Waals surface area contributed by atoms with Crippen LogP contribution in [0.2, 0.25) is 0 Å². The average molecular weight is 635 g/mol. The van der Waals surface area contributed by atoms with Gasteiger partial charge in [0.25, 0.3) is 0 Å². The Hall–Kier alpha value is -5.60. The third kappa shape index (κ3) is 4.70. The molecule has 5 nitrogen and oxygen atoms in total. The van der Waals surface area contributed by atoms with Crippen LogP contribution in [-0.4, -0.2) is 15.0 Å². The van der Waals surface area contributed by atoms with E-state index in [-0.39, 0.29) is 0 Å². The minimum atomic E-state index is 0.351. The maximum atomic E-state index is 9.93. The zero-order valence-electron chi connectivity index (χ0n) is 27.1. The van der Waals surface area contributed by atoms with Gasteiger partial charge in [0.1, 0.15) is 11.2 Å². The number of para-hydroxylation sites is 1. The monoisotopic (exact) mass is 634 g/mol. The molecule has 0 unspecified atom stereocenters. The van der Waals surface area contributed by atoms with Crippen molar-refractivity contribution in [1.82, 2.24) is 15.0 Å². The maximum Gasteiger partial charge on any atom is 0.164 e. The van der Waals surface area contributed by atoms with Gasteiger partial charge in [0.05, 0.1) is 11.6 Å². The molecule has 4 aliphatic rings. The van der Waals surface area contributed by atoms with Crippen LogP contribution in [-0.2, 0) is 5.41 Å². The number of rotatable bonds is 5. The third-order valence-electron chi connectivity index (χ3n) is 11.5. The summed E-state index contributed by atoms with van der Waals surface area (Å²) >= 11 is 0. The molecule has 0 radical (unpaired) electrons. The molecule has 2 aromatic heterocycles. The molecule has 7 aromatic rings. The lowest BCUT2D eigenvalue weighted by Crippen LogP contribution is -2.48. The van der Waals surface area contributed by atoms with Gasteiger partial charge in [0, 0.05) is 33.0 Å². The summed E-state index contributed by atoms with van der Waals surface area (Å²) in [5, 5.41) is 11.7. The van der Waals surface area contributed by atoms with Gasteiger partial charge in [-0.2, -0.15) is 5.26 Å². The predicted octanol–water partition coefficient (Wildman–Crippen LogP) is 10.8. The second-order valence-corrected chi connectivity index (χ2v) is 14.6. The van der Waals surface area contributed by atoms with Crippen molar-refractivity contribution >= 4 is 21.9 Å². The van der Waals surface area contributed by atoms with E-state index >= 15 is 0 Å². The van der Waals surface area contributed by atoms with E-state index in [0.29, 0.717) is 34.0 Å². The molecule has 236 valence electrons. The summed E-state index contributed by atoms with van der Waals surface area (Å²) < 4.78 is 6.37. The van der Waals surface area contributed by atoms with Crippen molar-refractivity contribution in [3.63, 3.8) is 0 Å². The topological polar surface area (TPSA) is 75.6 Å². The molecule has 11 rings (SSSR count). The quantitative estimate of drug-likeness (QED) is 0.188. The standard InChI is InChI=1S/C44H34N4O/c45-26-34-15-18-36(40-39(34)37-11-4-5-12-38(37)49-40)32-9-6-10-33(22-32)43-47-41(30-7-2-1-3-8-30)46-42(48-43)31-13-16-35(17-14-31)44-23-27-19-28(24-44)21-29(20-27)25-44/h1-18,22,27-29H,19-21,23-25H2. The van der Waals surface area contributed by atoms with Crippen molar-refractivity contribution in [3.8, 4) is 51.4 Å². The largest absolute Gasteiger partial charge is 0.455 e. The first-order valence-electron chi connectivity index (χ1n) is 17.5. The molecule has 0 N–H and O–H groups in total. The van der Waals surface area contributed by atoms with Crippen molar-refractivity contribution < 1.29 is 4.42 Å². The Morgan fingerprint density at radius 2 is 1.18 bits per heavy atom. The zero-order valence-corrected chi connectivity index (χ0v) is 27.1. The van der Waals surface area contributed by atoms with E-state index in [0.717, 1.165) is 61.9 Å². The molecule has 0 spiro atoms. The number of hydrogen-bond donors (Lipinski definition) is 0. The molecule has 0 saturated heterocycles. The molecular weight excluding hydrogens is 601 g/mol. The molecule has 4 bridgehead atoms. The fourth-order valence-corrected chi connectivity index (χ4v) is 9.76. The number of aromatic nitrogens is 3. The number of fused-ring (bicyclic) bond motifs is 3. The highest BCUT2D eigenvalue weighted by Gasteiger charge is 2.51. The summed E-state index contributed by atoms with van der Waals surface area (Å²) in [5.74, 6) is 4.67. The van der Waals surface area contributed by atoms with Gasteiger partial charge in [-0.25, -0.2) is 15.0 Å². The Morgan fingerprint density at radius 1 is 0.592 bits per heavy atom. The Kier molecular flexibility index (Phi) is 6.36. The summed E-state index contributed by atoms with van der Waals surface area (Å²) in [5.41, 5.74) is 8.65. The van der Waals surface area contributed by atoms with Gasteiger partial charge in [-0.3, -0.25) is 0 Å². The summed E-state index contributed by atoms with van der Waals surface area (Å²) in [6.07, 6.45) is 8.39. The van der Waals surface area contributed by atoms with Crippen LogP contribution in [0.1, 0.15) is 49.7 Å². The van der Waals surface area contributed by atoms with Crippen LogP contribution in [0.3, 0.4) is 0 Å². The highest BCUT2D eigenvalue weighted by atomic mass is 16.3. The molecule has 5 heteroatoms. The summed E-state index contributed by atoms with van der Waals surface area (Å²) in [7, 11) is 0. The molecule has 0 atom stereocenters. The molecule has 49 heavy (non-hydrogen) atoms. The van der Waals surface area contributed by atoms with E-state index in [1.807, 2.05) is 78.9 Å². The Labute approximate surface area is 285 Å². The third-order valence-corrected chi connectivity index (χ3v) is 11.5. The average Bonchev–Trinajstić information content (AvgIpc) is 3.54. The Bertz CT molecular complexity index is 2400. The lowest BCUT2D eigenvalue weighted by Gasteiger charge is -2.57. The van der Waals surface area contributed by atoms with E-state index in [9.17, 15) is 5.26 Å². The van der Waals surface area contributed by atoms with Crippen LogP contribution in [0.25, 0.3) is 67.2 Å². The van der Waals surface area contributed by atoms with Crippen LogP contribution >= 0.6 is 0 Å². The zero-order chi connectivity index (χ0) is 32.5. The molecular formula is C44H34N4O. The highest BCUT2D eigenvalue weighted by Crippen LogP contribution is 2.60. The first kappa shape index (κ1) is 28.4. The van der Waals surface area contributed by atoms with Crippen molar-refractivity contribution in [3.05, 3.63) is 126 Å². The van der Waals surface area contributed by atoms with Gasteiger partial charge in [0.15, 0.2) is 17.5 Å². The first-order valence-corrected chi connectivity index (χ1v) is 17.5. The Balaban J connectivity index is 1.07. The van der Waals surface area contributed by atoms with Gasteiger partial charge >= 0.3 is 0 Å². The second kappa shape index (κ2) is 11.0. The molecule has 4 fully saturated rings. The summed E-state index contributed by atoms with van der Waals surface area (Å²) in [6, 6.07) is 41.7. The van der Waals surface area contributed by atoms with Crippen molar-refractivity contribution in [2.24, 2.45) is 17.8 Å². The highest BCUT2D eigenvalue weighted by molar-refractivity contribution is 6.12. The maximum absolute atomic E-state index is 9.93. The fourth-order valence-electron chi connectivity index (χ4n) is 9.76. The van der Waals surface area contributed by atoms with Gasteiger partial charge in [-0.05, 0) is 97.1 Å². The number of benzene rings is 5. The smallest absolute Gasteiger partial charge is 0.164 e. The minimum absolute atomic E-state index is 0.351. The second-order valence-electron chi connectivity index (χ2n) is 14.6. The van der Waals surface area contributed by atoms with E-state index in [1.165, 1.54) is 44.1 Å². The van der Waals surface area contributed by atoms with Crippen molar-refractivity contribution in [2.75, 3.05) is 0 Å². The van der Waals surface area contributed by atoms with E-state index in [2.05, 4.69) is 42.5 Å². The fraction of sp³-hybridized carbons (Fsp3) is 0.227.